The molecule has 0 aliphatic rings. The molecule has 0 rings (SSSR count). The lowest BCUT2D eigenvalue weighted by Crippen LogP contribution is -2.27. The summed E-state index contributed by atoms with van der Waals surface area (Å²) in [5, 5.41) is 0. The Morgan fingerprint density at radius 1 is 0.706 bits per heavy atom. The van der Waals surface area contributed by atoms with Gasteiger partial charge in [0.25, 0.3) is 0 Å². The van der Waals surface area contributed by atoms with E-state index in [9.17, 15) is 0 Å². The predicted octanol–water partition coefficient (Wildman–Crippen LogP) is 5.11. The molecule has 104 valence electrons. The van der Waals surface area contributed by atoms with E-state index in [2.05, 4.69) is 32.6 Å². The normalized spacial score (nSPS) is 11.6. The van der Waals surface area contributed by atoms with E-state index in [1.165, 1.54) is 71.0 Å². The van der Waals surface area contributed by atoms with Crippen molar-refractivity contribution < 1.29 is 0 Å². The zero-order chi connectivity index (χ0) is 12.9. The summed E-state index contributed by atoms with van der Waals surface area (Å²) in [6.45, 7) is 13.2. The van der Waals surface area contributed by atoms with Crippen LogP contribution in [0, 0.1) is 5.92 Å². The molecule has 0 bridgehead atoms. The molecular formula is C16H35N. The summed E-state index contributed by atoms with van der Waals surface area (Å²) in [4.78, 5) is 2.70. The molecular weight excluding hydrogens is 206 g/mol. The van der Waals surface area contributed by atoms with Gasteiger partial charge in [-0.1, -0.05) is 53.4 Å². The number of hydrogen-bond donors (Lipinski definition) is 0. The SMILES string of the molecule is CCCCCN(CCCCC)CCCC(C)C. The Kier molecular flexibility index (Phi) is 12.4. The maximum atomic E-state index is 2.70. The molecule has 0 aromatic rings. The second-order valence-electron chi connectivity index (χ2n) is 5.79. The van der Waals surface area contributed by atoms with Crippen molar-refractivity contribution >= 4 is 0 Å². The largest absolute Gasteiger partial charge is 0.303 e. The van der Waals surface area contributed by atoms with Crippen molar-refractivity contribution in [1.82, 2.24) is 4.90 Å². The van der Waals surface area contributed by atoms with Gasteiger partial charge in [-0.25, -0.2) is 0 Å². The van der Waals surface area contributed by atoms with Crippen molar-refractivity contribution in [3.8, 4) is 0 Å². The van der Waals surface area contributed by atoms with E-state index < -0.39 is 0 Å². The minimum atomic E-state index is 0.864. The van der Waals surface area contributed by atoms with Crippen LogP contribution < -0.4 is 0 Å². The van der Waals surface area contributed by atoms with Crippen LogP contribution in [0.2, 0.25) is 0 Å². The van der Waals surface area contributed by atoms with Crippen LogP contribution in [0.1, 0.15) is 79.1 Å². The van der Waals surface area contributed by atoms with Gasteiger partial charge in [0.05, 0.1) is 0 Å². The zero-order valence-electron chi connectivity index (χ0n) is 12.8. The van der Waals surface area contributed by atoms with Crippen LogP contribution in [0.4, 0.5) is 0 Å². The van der Waals surface area contributed by atoms with E-state index >= 15 is 0 Å². The lowest BCUT2D eigenvalue weighted by atomic mass is 10.1. The first kappa shape index (κ1) is 17.0. The summed E-state index contributed by atoms with van der Waals surface area (Å²) in [6, 6.07) is 0. The first-order valence-electron chi connectivity index (χ1n) is 7.93. The molecule has 0 heterocycles. The van der Waals surface area contributed by atoms with E-state index in [0.717, 1.165) is 5.92 Å². The van der Waals surface area contributed by atoms with E-state index in [1.807, 2.05) is 0 Å². The van der Waals surface area contributed by atoms with Crippen molar-refractivity contribution in [2.24, 2.45) is 5.92 Å². The highest BCUT2D eigenvalue weighted by molar-refractivity contribution is 4.60. The van der Waals surface area contributed by atoms with E-state index in [-0.39, 0.29) is 0 Å². The van der Waals surface area contributed by atoms with Crippen molar-refractivity contribution in [2.75, 3.05) is 19.6 Å². The second-order valence-corrected chi connectivity index (χ2v) is 5.79. The van der Waals surface area contributed by atoms with Gasteiger partial charge < -0.3 is 4.90 Å². The molecule has 0 aliphatic heterocycles. The number of nitrogens with zero attached hydrogens (tertiary/aromatic N) is 1. The summed E-state index contributed by atoms with van der Waals surface area (Å²) < 4.78 is 0. The molecule has 0 saturated carbocycles. The first-order valence-corrected chi connectivity index (χ1v) is 7.93. The molecule has 0 saturated heterocycles. The summed E-state index contributed by atoms with van der Waals surface area (Å²) in [6.07, 6.45) is 11.0. The minimum Gasteiger partial charge on any atom is -0.303 e. The van der Waals surface area contributed by atoms with Gasteiger partial charge >= 0.3 is 0 Å². The third-order valence-corrected chi connectivity index (χ3v) is 3.41. The van der Waals surface area contributed by atoms with Crippen molar-refractivity contribution in [3.63, 3.8) is 0 Å². The molecule has 0 unspecified atom stereocenters. The molecule has 1 heteroatoms. The van der Waals surface area contributed by atoms with Gasteiger partial charge in [-0.15, -0.1) is 0 Å². The lowest BCUT2D eigenvalue weighted by Gasteiger charge is -2.22. The molecule has 0 atom stereocenters. The van der Waals surface area contributed by atoms with Crippen LogP contribution in [0.15, 0.2) is 0 Å². The fourth-order valence-corrected chi connectivity index (χ4v) is 2.23. The van der Waals surface area contributed by atoms with Gasteiger partial charge in [0, 0.05) is 0 Å². The molecule has 0 fully saturated rings. The van der Waals surface area contributed by atoms with E-state index in [4.69, 9.17) is 0 Å². The summed E-state index contributed by atoms with van der Waals surface area (Å²) in [5.41, 5.74) is 0. The van der Waals surface area contributed by atoms with Crippen LogP contribution >= 0.6 is 0 Å². The molecule has 17 heavy (non-hydrogen) atoms. The molecule has 0 radical (unpaired) electrons. The van der Waals surface area contributed by atoms with Crippen LogP contribution in [0.3, 0.4) is 0 Å². The zero-order valence-corrected chi connectivity index (χ0v) is 12.8. The fraction of sp³-hybridized carbons (Fsp3) is 1.00. The monoisotopic (exact) mass is 241 g/mol. The molecule has 0 aliphatic carbocycles. The molecule has 0 spiro atoms. The molecule has 1 nitrogen and oxygen atoms in total. The smallest absolute Gasteiger partial charge is 0.00186 e. The molecule has 0 aromatic heterocycles. The van der Waals surface area contributed by atoms with Crippen LogP contribution in [-0.2, 0) is 0 Å². The van der Waals surface area contributed by atoms with Gasteiger partial charge in [0.2, 0.25) is 0 Å². The highest BCUT2D eigenvalue weighted by Gasteiger charge is 2.04. The fourth-order valence-electron chi connectivity index (χ4n) is 2.23. The van der Waals surface area contributed by atoms with Crippen LogP contribution in [0.5, 0.6) is 0 Å². The summed E-state index contributed by atoms with van der Waals surface area (Å²) in [5.74, 6) is 0.864. The van der Waals surface area contributed by atoms with Crippen LogP contribution in [-0.4, -0.2) is 24.5 Å². The van der Waals surface area contributed by atoms with Gasteiger partial charge in [-0.05, 0) is 51.2 Å². The Hall–Kier alpha value is -0.0400. The first-order chi connectivity index (χ1) is 8.20. The summed E-state index contributed by atoms with van der Waals surface area (Å²) in [7, 11) is 0. The van der Waals surface area contributed by atoms with Crippen LogP contribution in [0.25, 0.3) is 0 Å². The number of rotatable bonds is 12. The number of hydrogen-bond acceptors (Lipinski definition) is 1. The van der Waals surface area contributed by atoms with Gasteiger partial charge in [-0.2, -0.15) is 0 Å². The second kappa shape index (κ2) is 12.4. The Balaban J connectivity index is 3.67. The number of unbranched alkanes of at least 4 members (excludes halogenated alkanes) is 4. The Labute approximate surface area is 110 Å². The third kappa shape index (κ3) is 12.2. The van der Waals surface area contributed by atoms with Crippen molar-refractivity contribution in [1.29, 1.82) is 0 Å². The predicted molar refractivity (Wildman–Crippen MR) is 79.6 cm³/mol. The van der Waals surface area contributed by atoms with E-state index in [1.54, 1.807) is 0 Å². The molecule has 0 amide bonds. The highest BCUT2D eigenvalue weighted by atomic mass is 15.1. The molecule has 0 aromatic carbocycles. The highest BCUT2D eigenvalue weighted by Crippen LogP contribution is 2.08. The Bertz CT molecular complexity index is 132. The van der Waals surface area contributed by atoms with Crippen molar-refractivity contribution in [3.05, 3.63) is 0 Å². The topological polar surface area (TPSA) is 3.24 Å². The van der Waals surface area contributed by atoms with E-state index in [0.29, 0.717) is 0 Å². The quantitative estimate of drug-likeness (QED) is 0.429. The van der Waals surface area contributed by atoms with Gasteiger partial charge in [-0.3, -0.25) is 0 Å². The minimum absolute atomic E-state index is 0.864. The third-order valence-electron chi connectivity index (χ3n) is 3.41. The lowest BCUT2D eigenvalue weighted by molar-refractivity contribution is 0.252. The van der Waals surface area contributed by atoms with Crippen molar-refractivity contribution in [2.45, 2.75) is 79.1 Å². The average molecular weight is 241 g/mol. The maximum Gasteiger partial charge on any atom is -0.00186 e. The Morgan fingerprint density at radius 2 is 1.18 bits per heavy atom. The Morgan fingerprint density at radius 3 is 1.59 bits per heavy atom. The maximum absolute atomic E-state index is 2.70. The van der Waals surface area contributed by atoms with Gasteiger partial charge in [0.1, 0.15) is 0 Å². The van der Waals surface area contributed by atoms with Gasteiger partial charge in [0.15, 0.2) is 0 Å². The summed E-state index contributed by atoms with van der Waals surface area (Å²) >= 11 is 0. The average Bonchev–Trinajstić information content (AvgIpc) is 2.28. The standard InChI is InChI=1S/C16H35N/c1-5-7-9-13-17(14-10-8-6-2)15-11-12-16(3)4/h16H,5-15H2,1-4H3. The molecule has 0 N–H and O–H groups in total.